The smallest absolute Gasteiger partial charge is 0.145 e. The summed E-state index contributed by atoms with van der Waals surface area (Å²) in [5.41, 5.74) is 0. The van der Waals surface area contributed by atoms with Crippen LogP contribution in [0.2, 0.25) is 0 Å². The van der Waals surface area contributed by atoms with Gasteiger partial charge in [-0.1, -0.05) is 69.9 Å². The molecule has 0 aliphatic carbocycles. The zero-order chi connectivity index (χ0) is 13.9. The first-order valence-electron chi connectivity index (χ1n) is 7.25. The van der Waals surface area contributed by atoms with Crippen molar-refractivity contribution in [3.05, 3.63) is 12.7 Å². The number of aliphatic hydroxyl groups is 1. The maximum atomic E-state index is 9.10. The predicted molar refractivity (Wildman–Crippen MR) is 78.4 cm³/mol. The van der Waals surface area contributed by atoms with Gasteiger partial charge in [0.05, 0.1) is 6.10 Å². The van der Waals surface area contributed by atoms with Crippen molar-refractivity contribution in [2.24, 2.45) is 0 Å². The number of hydrogen-bond acceptors (Lipinski definition) is 2. The van der Waals surface area contributed by atoms with Gasteiger partial charge in [-0.2, -0.15) is 0 Å². The molecular weight excluding hydrogens is 236 g/mol. The molecule has 0 aromatic carbocycles. The largest absolute Gasteiger partial charge is 0.377 e. The average Bonchev–Trinajstić information content (AvgIpc) is 3.17. The predicted octanol–water partition coefficient (Wildman–Crippen LogP) is 3.06. The quantitative estimate of drug-likeness (QED) is 0.315. The minimum Gasteiger partial charge on any atom is -0.377 e. The van der Waals surface area contributed by atoms with Crippen LogP contribution in [0.25, 0.3) is 0 Å². The van der Waals surface area contributed by atoms with E-state index in [9.17, 15) is 0 Å². The molecule has 0 spiro atoms. The van der Waals surface area contributed by atoms with Gasteiger partial charge in [0.25, 0.3) is 0 Å². The molecule has 1 aliphatic heterocycles. The fraction of sp³-hybridized carbons (Fsp3) is 0.647. The van der Waals surface area contributed by atoms with Crippen molar-refractivity contribution >= 4 is 0 Å². The van der Waals surface area contributed by atoms with Crippen LogP contribution < -0.4 is 0 Å². The highest BCUT2D eigenvalue weighted by Gasteiger charge is 2.36. The van der Waals surface area contributed by atoms with Gasteiger partial charge in [0.1, 0.15) is 12.2 Å². The first-order chi connectivity index (χ1) is 9.27. The lowest BCUT2D eigenvalue weighted by Crippen LogP contribution is -1.94. The summed E-state index contributed by atoms with van der Waals surface area (Å²) < 4.78 is 5.45. The van der Waals surface area contributed by atoms with Crippen LogP contribution in [0.4, 0.5) is 0 Å². The minimum atomic E-state index is -0.784. The topological polar surface area (TPSA) is 32.8 Å². The Morgan fingerprint density at radius 3 is 2.68 bits per heavy atom. The molecule has 0 saturated carbocycles. The van der Waals surface area contributed by atoms with Crippen molar-refractivity contribution in [1.82, 2.24) is 0 Å². The Labute approximate surface area is 117 Å². The summed E-state index contributed by atoms with van der Waals surface area (Å²) in [5, 5.41) is 9.10. The van der Waals surface area contributed by atoms with E-state index in [1.54, 1.807) is 0 Å². The van der Waals surface area contributed by atoms with Crippen LogP contribution in [-0.2, 0) is 4.74 Å². The molecule has 0 radical (unpaired) electrons. The van der Waals surface area contributed by atoms with Gasteiger partial charge < -0.3 is 9.84 Å². The minimum absolute atomic E-state index is 0.0609. The third kappa shape index (κ3) is 7.73. The summed E-state index contributed by atoms with van der Waals surface area (Å²) in [5.74, 6) is 10.8. The highest BCUT2D eigenvalue weighted by molar-refractivity contribution is 5.31. The van der Waals surface area contributed by atoms with E-state index in [0.717, 1.165) is 6.42 Å². The molecule has 1 aliphatic rings. The van der Waals surface area contributed by atoms with E-state index in [2.05, 4.69) is 37.2 Å². The van der Waals surface area contributed by atoms with Crippen LogP contribution in [0, 0.1) is 23.7 Å². The third-order valence-corrected chi connectivity index (χ3v) is 3.14. The van der Waals surface area contributed by atoms with E-state index in [1.165, 1.54) is 44.6 Å². The molecule has 3 atom stereocenters. The number of ether oxygens (including phenoxy) is 1. The molecule has 1 saturated heterocycles. The van der Waals surface area contributed by atoms with Crippen molar-refractivity contribution in [2.75, 3.05) is 0 Å². The molecule has 0 aromatic heterocycles. The summed E-state index contributed by atoms with van der Waals surface area (Å²) in [4.78, 5) is 0. The Balaban J connectivity index is 2.03. The van der Waals surface area contributed by atoms with E-state index < -0.39 is 6.10 Å². The lowest BCUT2D eigenvalue weighted by atomic mass is 10.1. The average molecular weight is 260 g/mol. The number of epoxide rings is 1. The number of hydrogen-bond donors (Lipinski definition) is 1. The molecular formula is C17H24O2. The van der Waals surface area contributed by atoms with Crippen LogP contribution in [-0.4, -0.2) is 23.4 Å². The van der Waals surface area contributed by atoms with Crippen molar-refractivity contribution in [3.8, 4) is 23.7 Å². The van der Waals surface area contributed by atoms with Gasteiger partial charge in [-0.3, -0.25) is 0 Å². The van der Waals surface area contributed by atoms with Gasteiger partial charge >= 0.3 is 0 Å². The Morgan fingerprint density at radius 2 is 1.95 bits per heavy atom. The lowest BCUT2D eigenvalue weighted by Gasteiger charge is -1.97. The Morgan fingerprint density at radius 1 is 1.21 bits per heavy atom. The van der Waals surface area contributed by atoms with Crippen LogP contribution in [0.3, 0.4) is 0 Å². The van der Waals surface area contributed by atoms with E-state index in [0.29, 0.717) is 6.10 Å². The number of aliphatic hydroxyl groups excluding tert-OH is 1. The molecule has 2 nitrogen and oxygen atoms in total. The van der Waals surface area contributed by atoms with Gasteiger partial charge in [0, 0.05) is 0 Å². The second-order valence-electron chi connectivity index (χ2n) is 4.87. The highest BCUT2D eigenvalue weighted by atomic mass is 16.6. The molecule has 1 fully saturated rings. The van der Waals surface area contributed by atoms with E-state index in [4.69, 9.17) is 9.84 Å². The molecule has 19 heavy (non-hydrogen) atoms. The molecule has 0 bridgehead atoms. The maximum Gasteiger partial charge on any atom is 0.145 e. The second-order valence-corrected chi connectivity index (χ2v) is 4.87. The SMILES string of the molecule is C=C[C@H](O)C#CC#C[C@H]1O[C@H]1CCCCCCCC. The maximum absolute atomic E-state index is 9.10. The second kappa shape index (κ2) is 9.68. The van der Waals surface area contributed by atoms with Gasteiger partial charge in [0.2, 0.25) is 0 Å². The fourth-order valence-corrected chi connectivity index (χ4v) is 1.89. The first kappa shape index (κ1) is 15.8. The van der Waals surface area contributed by atoms with Gasteiger partial charge in [-0.15, -0.1) is 0 Å². The summed E-state index contributed by atoms with van der Waals surface area (Å²) in [7, 11) is 0. The number of unbranched alkanes of at least 4 members (excludes halogenated alkanes) is 5. The Hall–Kier alpha value is -1.22. The summed E-state index contributed by atoms with van der Waals surface area (Å²) in [6, 6.07) is 0. The highest BCUT2D eigenvalue weighted by Crippen LogP contribution is 2.26. The fourth-order valence-electron chi connectivity index (χ4n) is 1.89. The normalized spacial score (nSPS) is 21.6. The molecule has 1 N–H and O–H groups in total. The Kier molecular flexibility index (Phi) is 8.07. The Bertz CT molecular complexity index is 378. The van der Waals surface area contributed by atoms with Gasteiger partial charge in [-0.25, -0.2) is 0 Å². The molecule has 1 rings (SSSR count). The zero-order valence-corrected chi connectivity index (χ0v) is 11.8. The summed E-state index contributed by atoms with van der Waals surface area (Å²) >= 11 is 0. The molecule has 0 amide bonds. The van der Waals surface area contributed by atoms with Crippen LogP contribution in [0.1, 0.15) is 51.9 Å². The van der Waals surface area contributed by atoms with E-state index in [1.807, 2.05) is 0 Å². The zero-order valence-electron chi connectivity index (χ0n) is 11.8. The number of rotatable bonds is 8. The molecule has 1 heterocycles. The standard InChI is InChI=1S/C17H24O2/c1-3-5-6-7-8-9-13-16-17(19-16)14-11-10-12-15(18)4-2/h4,15-18H,2-3,5-9,13H2,1H3/t15-,16-,17+/m0/s1. The lowest BCUT2D eigenvalue weighted by molar-refractivity contribution is 0.281. The third-order valence-electron chi connectivity index (χ3n) is 3.14. The van der Waals surface area contributed by atoms with Crippen molar-refractivity contribution in [2.45, 2.75) is 70.2 Å². The van der Waals surface area contributed by atoms with Crippen molar-refractivity contribution < 1.29 is 9.84 Å². The van der Waals surface area contributed by atoms with Crippen LogP contribution in [0.5, 0.6) is 0 Å². The summed E-state index contributed by atoms with van der Waals surface area (Å²) in [6.45, 7) is 5.67. The van der Waals surface area contributed by atoms with Crippen LogP contribution in [0.15, 0.2) is 12.7 Å². The monoisotopic (exact) mass is 260 g/mol. The summed E-state index contributed by atoms with van der Waals surface area (Å²) in [6.07, 6.45) is 9.93. The molecule has 2 heteroatoms. The van der Waals surface area contributed by atoms with Crippen molar-refractivity contribution in [3.63, 3.8) is 0 Å². The van der Waals surface area contributed by atoms with Crippen molar-refractivity contribution in [1.29, 1.82) is 0 Å². The van der Waals surface area contributed by atoms with Gasteiger partial charge in [-0.05, 0) is 18.3 Å². The van der Waals surface area contributed by atoms with E-state index >= 15 is 0 Å². The molecule has 104 valence electrons. The molecule has 0 unspecified atom stereocenters. The van der Waals surface area contributed by atoms with Crippen LogP contribution >= 0.6 is 0 Å². The van der Waals surface area contributed by atoms with Gasteiger partial charge in [0.15, 0.2) is 0 Å². The van der Waals surface area contributed by atoms with E-state index in [-0.39, 0.29) is 6.10 Å². The first-order valence-corrected chi connectivity index (χ1v) is 7.25. The molecule has 0 aromatic rings.